The van der Waals surface area contributed by atoms with Crippen LogP contribution < -0.4 is 0 Å². The smallest absolute Gasteiger partial charge is 0.144 e. The molecule has 4 aliphatic heterocycles. The molecule has 0 nitrogen and oxygen atoms in total. The highest BCUT2D eigenvalue weighted by Crippen LogP contribution is 2.59. The maximum Gasteiger partial charge on any atom is 0.144 e. The van der Waals surface area contributed by atoms with Crippen molar-refractivity contribution in [2.75, 3.05) is 0 Å². The predicted molar refractivity (Wildman–Crippen MR) is 129 cm³/mol. The minimum atomic E-state index is -1.58. The molecule has 0 aromatic carbocycles. The molecule has 0 spiro atoms. The monoisotopic (exact) mass is 462 g/mol. The van der Waals surface area contributed by atoms with Crippen LogP contribution in [0.2, 0.25) is 48.4 Å². The highest BCUT2D eigenvalue weighted by atomic mass is 35.6. The van der Waals surface area contributed by atoms with Crippen molar-refractivity contribution in [3.8, 4) is 0 Å². The molecule has 26 heavy (non-hydrogen) atoms. The van der Waals surface area contributed by atoms with Crippen LogP contribution in [0.1, 0.15) is 77.0 Å². The molecule has 0 atom stereocenters. The summed E-state index contributed by atoms with van der Waals surface area (Å²) in [6.07, 6.45) is 18.1. The van der Waals surface area contributed by atoms with Gasteiger partial charge in [0.15, 0.2) is 0 Å². The molecule has 0 aliphatic carbocycles. The molecular formula is C20H40Cl2Si4. The Bertz CT molecular complexity index is 426. The van der Waals surface area contributed by atoms with E-state index in [2.05, 4.69) is 0 Å². The van der Waals surface area contributed by atoms with E-state index < -0.39 is 28.0 Å². The first-order chi connectivity index (χ1) is 12.6. The largest absolute Gasteiger partial charge is 0.171 e. The minimum Gasteiger partial charge on any atom is -0.171 e. The molecule has 150 valence electrons. The summed E-state index contributed by atoms with van der Waals surface area (Å²) >= 11 is 16.1. The Morgan fingerprint density at radius 1 is 0.308 bits per heavy atom. The lowest BCUT2D eigenvalue weighted by Crippen LogP contribution is -2.82. The first-order valence-electron chi connectivity index (χ1n) is 12.0. The van der Waals surface area contributed by atoms with Gasteiger partial charge in [-0.15, -0.1) is 0 Å². The average Bonchev–Trinajstić information content (AvgIpc) is 3.02. The van der Waals surface area contributed by atoms with E-state index in [0.717, 1.165) is 0 Å². The van der Waals surface area contributed by atoms with Gasteiger partial charge in [-0.25, -0.2) is 0 Å². The zero-order valence-corrected chi connectivity index (χ0v) is 22.4. The maximum absolute atomic E-state index is 8.06. The van der Waals surface area contributed by atoms with Crippen LogP contribution in [0.15, 0.2) is 0 Å². The highest BCUT2D eigenvalue weighted by Gasteiger charge is 2.71. The fourth-order valence-corrected chi connectivity index (χ4v) is 108. The van der Waals surface area contributed by atoms with Gasteiger partial charge in [0.05, 0.1) is 14.2 Å². The summed E-state index contributed by atoms with van der Waals surface area (Å²) in [5.74, 6) is 0. The first kappa shape index (κ1) is 20.7. The first-order valence-corrected chi connectivity index (χ1v) is 26.6. The summed E-state index contributed by atoms with van der Waals surface area (Å²) in [7, 11) is -2.74. The number of rotatable bonds is 1. The van der Waals surface area contributed by atoms with E-state index in [1.54, 1.807) is 49.9 Å². The molecule has 6 heteroatoms. The Morgan fingerprint density at radius 2 is 0.538 bits per heavy atom. The van der Waals surface area contributed by atoms with Gasteiger partial charge in [-0.3, -0.25) is 0 Å². The molecular weight excluding hydrogens is 423 g/mol. The van der Waals surface area contributed by atoms with Crippen molar-refractivity contribution in [2.45, 2.75) is 125 Å². The van der Waals surface area contributed by atoms with E-state index in [0.29, 0.717) is 0 Å². The van der Waals surface area contributed by atoms with Crippen LogP contribution in [-0.2, 0) is 0 Å². The lowest BCUT2D eigenvalue weighted by atomic mass is 10.3. The van der Waals surface area contributed by atoms with Gasteiger partial charge in [-0.1, -0.05) is 101 Å². The predicted octanol–water partition coefficient (Wildman–Crippen LogP) is 8.22. The lowest BCUT2D eigenvalue weighted by molar-refractivity contribution is 0.738. The Morgan fingerprint density at radius 3 is 0.808 bits per heavy atom. The second-order valence-electron chi connectivity index (χ2n) is 10.3. The van der Waals surface area contributed by atoms with Crippen LogP contribution in [0.3, 0.4) is 0 Å². The van der Waals surface area contributed by atoms with Crippen LogP contribution >= 0.6 is 22.2 Å². The van der Waals surface area contributed by atoms with Crippen molar-refractivity contribution in [3.05, 3.63) is 0 Å². The molecule has 0 aromatic heterocycles. The van der Waals surface area contributed by atoms with Gasteiger partial charge in [0.25, 0.3) is 0 Å². The van der Waals surface area contributed by atoms with Crippen molar-refractivity contribution in [1.29, 1.82) is 0 Å². The van der Waals surface area contributed by atoms with E-state index >= 15 is 0 Å². The third kappa shape index (κ3) is 3.25. The van der Waals surface area contributed by atoms with Gasteiger partial charge < -0.3 is 0 Å². The number of fused-ring (bicyclic) bond motifs is 3. The van der Waals surface area contributed by atoms with Gasteiger partial charge in [0.1, 0.15) is 13.8 Å². The van der Waals surface area contributed by atoms with E-state index in [1.807, 2.05) is 0 Å². The Labute approximate surface area is 175 Å². The average molecular weight is 464 g/mol. The van der Waals surface area contributed by atoms with Crippen LogP contribution in [0.4, 0.5) is 0 Å². The van der Waals surface area contributed by atoms with Crippen molar-refractivity contribution in [1.82, 2.24) is 0 Å². The van der Waals surface area contributed by atoms with Gasteiger partial charge >= 0.3 is 0 Å². The molecule has 0 saturated carbocycles. The van der Waals surface area contributed by atoms with Crippen molar-refractivity contribution in [2.24, 2.45) is 0 Å². The maximum atomic E-state index is 8.06. The molecule has 4 rings (SSSR count). The van der Waals surface area contributed by atoms with Crippen molar-refractivity contribution in [3.63, 3.8) is 0 Å². The lowest BCUT2D eigenvalue weighted by Gasteiger charge is -2.59. The van der Waals surface area contributed by atoms with Crippen LogP contribution in [-0.4, -0.2) is 28.0 Å². The number of hydrogen-bond acceptors (Lipinski definition) is 0. The summed E-state index contributed by atoms with van der Waals surface area (Å²) in [6.45, 7) is -3.16. The molecule has 4 fully saturated rings. The normalized spacial score (nSPS) is 48.2. The fraction of sp³-hybridized carbons (Fsp3) is 1.00. The van der Waals surface area contributed by atoms with Gasteiger partial charge in [0.2, 0.25) is 0 Å². The highest BCUT2D eigenvalue weighted by molar-refractivity contribution is 7.93. The third-order valence-electron chi connectivity index (χ3n) is 9.34. The number of hydrogen-bond donors (Lipinski definition) is 0. The van der Waals surface area contributed by atoms with Gasteiger partial charge in [-0.2, -0.15) is 22.2 Å². The molecule has 4 aliphatic rings. The summed E-state index contributed by atoms with van der Waals surface area (Å²) < 4.78 is 0. The van der Waals surface area contributed by atoms with E-state index in [9.17, 15) is 0 Å². The Hall–Kier alpha value is 1.45. The Balaban J connectivity index is 1.89. The van der Waals surface area contributed by atoms with Crippen molar-refractivity contribution < 1.29 is 0 Å². The standard InChI is InChI=1S/C20H40Cl2Si4/c21-23-13-5-1-9-17-25(23,18-10-2-6-14-23)26-19-11-3-7-15-24(26,22)16-8-4-12-20-26/h1-20H2. The summed E-state index contributed by atoms with van der Waals surface area (Å²) in [6, 6.07) is 12.7. The SMILES string of the molecule is Cl[Si]12CCCCC[Si]1([Si]13CCCCC[Si]1(Cl)CCCCC3)CCCCC2. The van der Waals surface area contributed by atoms with E-state index in [-0.39, 0.29) is 0 Å². The van der Waals surface area contributed by atoms with Gasteiger partial charge in [0, 0.05) is 0 Å². The minimum absolute atomic E-state index is 1.37. The van der Waals surface area contributed by atoms with Gasteiger partial charge in [-0.05, 0) is 24.2 Å². The second kappa shape index (κ2) is 8.29. The van der Waals surface area contributed by atoms with Crippen molar-refractivity contribution >= 4 is 50.2 Å². The topological polar surface area (TPSA) is 0 Å². The summed E-state index contributed by atoms with van der Waals surface area (Å²) in [5.41, 5.74) is 0. The van der Waals surface area contributed by atoms with Crippen LogP contribution in [0.25, 0.3) is 0 Å². The molecule has 0 aromatic rings. The zero-order chi connectivity index (χ0) is 18.1. The summed E-state index contributed by atoms with van der Waals surface area (Å²) in [5, 5.41) is 0. The molecule has 0 bridgehead atoms. The molecule has 0 N–H and O–H groups in total. The zero-order valence-electron chi connectivity index (χ0n) is 16.9. The van der Waals surface area contributed by atoms with E-state index in [1.165, 1.54) is 75.5 Å². The number of halogens is 2. The second-order valence-corrected chi connectivity index (χ2v) is 49.0. The van der Waals surface area contributed by atoms with E-state index in [4.69, 9.17) is 22.2 Å². The molecule has 0 radical (unpaired) electrons. The Kier molecular flexibility index (Phi) is 6.60. The molecule has 4 saturated heterocycles. The molecule has 4 heterocycles. The quantitative estimate of drug-likeness (QED) is 0.271. The van der Waals surface area contributed by atoms with Crippen LogP contribution in [0.5, 0.6) is 0 Å². The molecule has 0 unspecified atom stereocenters. The summed E-state index contributed by atoms with van der Waals surface area (Å²) in [4.78, 5) is 0. The van der Waals surface area contributed by atoms with Crippen LogP contribution in [0, 0.1) is 0 Å². The molecule has 0 amide bonds. The third-order valence-corrected chi connectivity index (χ3v) is 79.9. The fourth-order valence-electron chi connectivity index (χ4n) is 8.20.